The molecule has 0 aliphatic carbocycles. The Labute approximate surface area is 105 Å². The zero-order chi connectivity index (χ0) is 12.6. The second-order valence-corrected chi connectivity index (χ2v) is 4.55. The monoisotopic (exact) mass is 254 g/mol. The van der Waals surface area contributed by atoms with E-state index in [2.05, 4.69) is 29.1 Å². The molecule has 0 fully saturated rings. The maximum atomic E-state index is 11.7. The van der Waals surface area contributed by atoms with Crippen LogP contribution >= 0.6 is 11.6 Å². The molecule has 1 aromatic heterocycles. The average molecular weight is 255 g/mol. The van der Waals surface area contributed by atoms with Crippen LogP contribution < -0.4 is 10.2 Å². The standard InChI is InChI=1S/C11H15ClN4O/c1-4-6(2)16-5-8(17)14-9-7(3)13-11(12)15-10(9)16/h6H,4-5H2,1-3H3,(H,14,17). The van der Waals surface area contributed by atoms with Gasteiger partial charge in [-0.25, -0.2) is 4.98 Å². The second kappa shape index (κ2) is 4.49. The van der Waals surface area contributed by atoms with Gasteiger partial charge in [-0.05, 0) is 31.9 Å². The summed E-state index contributed by atoms with van der Waals surface area (Å²) in [7, 11) is 0. The molecule has 92 valence electrons. The van der Waals surface area contributed by atoms with E-state index < -0.39 is 0 Å². The van der Waals surface area contributed by atoms with E-state index in [1.54, 1.807) is 0 Å². The van der Waals surface area contributed by atoms with Gasteiger partial charge in [-0.15, -0.1) is 0 Å². The van der Waals surface area contributed by atoms with Crippen LogP contribution in [0.1, 0.15) is 26.0 Å². The number of carbonyl (C=O) groups is 1. The van der Waals surface area contributed by atoms with Crippen molar-refractivity contribution in [3.8, 4) is 0 Å². The summed E-state index contributed by atoms with van der Waals surface area (Å²) < 4.78 is 0. The fourth-order valence-corrected chi connectivity index (χ4v) is 2.08. The Morgan fingerprint density at radius 2 is 2.24 bits per heavy atom. The molecule has 1 amide bonds. The van der Waals surface area contributed by atoms with Gasteiger partial charge in [-0.2, -0.15) is 4.98 Å². The van der Waals surface area contributed by atoms with E-state index in [0.717, 1.165) is 12.2 Å². The van der Waals surface area contributed by atoms with E-state index in [1.807, 2.05) is 11.8 Å². The van der Waals surface area contributed by atoms with Crippen LogP contribution in [0.3, 0.4) is 0 Å². The molecule has 1 aliphatic rings. The molecule has 0 saturated heterocycles. The van der Waals surface area contributed by atoms with Gasteiger partial charge in [0.05, 0.1) is 12.2 Å². The number of nitrogens with zero attached hydrogens (tertiary/aromatic N) is 3. The summed E-state index contributed by atoms with van der Waals surface area (Å²) in [5.74, 6) is 0.684. The Balaban J connectivity index is 2.52. The van der Waals surface area contributed by atoms with Gasteiger partial charge < -0.3 is 10.2 Å². The smallest absolute Gasteiger partial charge is 0.244 e. The zero-order valence-corrected chi connectivity index (χ0v) is 10.9. The normalized spacial score (nSPS) is 16.5. The van der Waals surface area contributed by atoms with Gasteiger partial charge in [-0.1, -0.05) is 6.92 Å². The number of fused-ring (bicyclic) bond motifs is 1. The van der Waals surface area contributed by atoms with Crippen LogP contribution in [0.5, 0.6) is 0 Å². The lowest BCUT2D eigenvalue weighted by Crippen LogP contribution is -2.44. The summed E-state index contributed by atoms with van der Waals surface area (Å²) in [5, 5.41) is 3.01. The number of carbonyl (C=O) groups excluding carboxylic acids is 1. The summed E-state index contributed by atoms with van der Waals surface area (Å²) in [6.07, 6.45) is 0.938. The van der Waals surface area contributed by atoms with Crippen LogP contribution in [-0.4, -0.2) is 28.5 Å². The van der Waals surface area contributed by atoms with Crippen molar-refractivity contribution in [2.45, 2.75) is 33.2 Å². The van der Waals surface area contributed by atoms with Crippen molar-refractivity contribution >= 4 is 29.0 Å². The second-order valence-electron chi connectivity index (χ2n) is 4.21. The number of rotatable bonds is 2. The first-order valence-corrected chi connectivity index (χ1v) is 6.01. The quantitative estimate of drug-likeness (QED) is 0.820. The van der Waals surface area contributed by atoms with E-state index >= 15 is 0 Å². The van der Waals surface area contributed by atoms with Gasteiger partial charge >= 0.3 is 0 Å². The van der Waals surface area contributed by atoms with Crippen molar-refractivity contribution < 1.29 is 4.79 Å². The first-order valence-electron chi connectivity index (χ1n) is 5.63. The van der Waals surface area contributed by atoms with Crippen LogP contribution in [0.15, 0.2) is 0 Å². The molecule has 1 unspecified atom stereocenters. The SMILES string of the molecule is CCC(C)N1CC(=O)Nc2c(C)nc(Cl)nc21. The third kappa shape index (κ3) is 2.20. The Hall–Kier alpha value is -1.36. The van der Waals surface area contributed by atoms with E-state index in [9.17, 15) is 4.79 Å². The topological polar surface area (TPSA) is 58.1 Å². The summed E-state index contributed by atoms with van der Waals surface area (Å²) in [5.41, 5.74) is 1.37. The van der Waals surface area contributed by atoms with Crippen molar-refractivity contribution in [3.05, 3.63) is 11.0 Å². The molecule has 6 heteroatoms. The van der Waals surface area contributed by atoms with Gasteiger partial charge in [0.1, 0.15) is 5.69 Å². The van der Waals surface area contributed by atoms with Gasteiger partial charge in [0.2, 0.25) is 11.2 Å². The number of amides is 1. The molecule has 17 heavy (non-hydrogen) atoms. The van der Waals surface area contributed by atoms with Crippen molar-refractivity contribution in [2.75, 3.05) is 16.8 Å². The summed E-state index contributed by atoms with van der Waals surface area (Å²) in [6.45, 7) is 6.27. The number of aryl methyl sites for hydroxylation is 1. The maximum absolute atomic E-state index is 11.7. The summed E-state index contributed by atoms with van der Waals surface area (Å²) in [6, 6.07) is 0.241. The predicted molar refractivity (Wildman–Crippen MR) is 67.5 cm³/mol. The molecule has 0 radical (unpaired) electrons. The molecule has 2 heterocycles. The van der Waals surface area contributed by atoms with Crippen molar-refractivity contribution in [1.29, 1.82) is 0 Å². The van der Waals surface area contributed by atoms with Crippen molar-refractivity contribution in [3.63, 3.8) is 0 Å². The highest BCUT2D eigenvalue weighted by atomic mass is 35.5. The molecule has 1 aliphatic heterocycles. The largest absolute Gasteiger partial charge is 0.343 e. The molecule has 1 atom stereocenters. The first-order chi connectivity index (χ1) is 8.02. The molecule has 1 N–H and O–H groups in total. The number of nitrogens with one attached hydrogen (secondary N) is 1. The van der Waals surface area contributed by atoms with Crippen molar-refractivity contribution in [2.24, 2.45) is 0 Å². The number of halogens is 1. The van der Waals surface area contributed by atoms with Crippen LogP contribution in [-0.2, 0) is 4.79 Å². The number of anilines is 2. The van der Waals surface area contributed by atoms with Crippen LogP contribution in [0.25, 0.3) is 0 Å². The number of hydrogen-bond donors (Lipinski definition) is 1. The minimum Gasteiger partial charge on any atom is -0.343 e. The van der Waals surface area contributed by atoms with E-state index in [1.165, 1.54) is 0 Å². The van der Waals surface area contributed by atoms with Crippen LogP contribution in [0.4, 0.5) is 11.5 Å². The predicted octanol–water partition coefficient (Wildman–Crippen LogP) is 2.00. The molecule has 5 nitrogen and oxygen atoms in total. The Morgan fingerprint density at radius 3 is 2.88 bits per heavy atom. The third-order valence-corrected chi connectivity index (χ3v) is 3.19. The van der Waals surface area contributed by atoms with E-state index in [0.29, 0.717) is 17.9 Å². The van der Waals surface area contributed by atoms with Gasteiger partial charge in [0.25, 0.3) is 0 Å². The molecule has 0 aromatic carbocycles. The van der Waals surface area contributed by atoms with Crippen LogP contribution in [0.2, 0.25) is 5.28 Å². The van der Waals surface area contributed by atoms with Gasteiger partial charge in [-0.3, -0.25) is 4.79 Å². The Bertz CT molecular complexity index is 463. The molecule has 0 saturated carbocycles. The fourth-order valence-electron chi connectivity index (χ4n) is 1.87. The first kappa shape index (κ1) is 12.1. The highest BCUT2D eigenvalue weighted by Gasteiger charge is 2.28. The molecule has 0 bridgehead atoms. The van der Waals surface area contributed by atoms with E-state index in [-0.39, 0.29) is 17.2 Å². The lowest BCUT2D eigenvalue weighted by molar-refractivity contribution is -0.115. The Morgan fingerprint density at radius 1 is 1.53 bits per heavy atom. The van der Waals surface area contributed by atoms with Gasteiger partial charge in [0, 0.05) is 6.04 Å². The summed E-state index contributed by atoms with van der Waals surface area (Å²) in [4.78, 5) is 21.9. The summed E-state index contributed by atoms with van der Waals surface area (Å²) >= 11 is 5.87. The minimum absolute atomic E-state index is 0.0353. The minimum atomic E-state index is -0.0353. The third-order valence-electron chi connectivity index (χ3n) is 3.02. The average Bonchev–Trinajstić information content (AvgIpc) is 2.28. The maximum Gasteiger partial charge on any atom is 0.244 e. The van der Waals surface area contributed by atoms with Gasteiger partial charge in [0.15, 0.2) is 5.82 Å². The highest BCUT2D eigenvalue weighted by molar-refractivity contribution is 6.28. The Kier molecular flexibility index (Phi) is 3.19. The molecular weight excluding hydrogens is 240 g/mol. The lowest BCUT2D eigenvalue weighted by Gasteiger charge is -2.34. The number of hydrogen-bond acceptors (Lipinski definition) is 4. The molecule has 2 rings (SSSR count). The fraction of sp³-hybridized carbons (Fsp3) is 0.545. The molecule has 0 spiro atoms. The molecule has 1 aromatic rings. The lowest BCUT2D eigenvalue weighted by atomic mass is 10.1. The highest BCUT2D eigenvalue weighted by Crippen LogP contribution is 2.32. The number of aromatic nitrogens is 2. The van der Waals surface area contributed by atoms with Crippen LogP contribution in [0, 0.1) is 6.92 Å². The van der Waals surface area contributed by atoms with E-state index in [4.69, 9.17) is 11.6 Å². The molecular formula is C11H15ClN4O. The zero-order valence-electron chi connectivity index (χ0n) is 10.1. The van der Waals surface area contributed by atoms with Crippen molar-refractivity contribution in [1.82, 2.24) is 9.97 Å².